The van der Waals surface area contributed by atoms with Gasteiger partial charge in [0, 0.05) is 36.5 Å². The maximum atomic E-state index is 3.81. The Morgan fingerprint density at radius 1 is 1.35 bits per heavy atom. The molecule has 98 valence electrons. The van der Waals surface area contributed by atoms with Gasteiger partial charge in [0.1, 0.15) is 0 Å². The summed E-state index contributed by atoms with van der Waals surface area (Å²) in [6, 6.07) is 0.725. The summed E-state index contributed by atoms with van der Waals surface area (Å²) >= 11 is 2.20. The predicted octanol–water partition coefficient (Wildman–Crippen LogP) is 2.34. The highest BCUT2D eigenvalue weighted by molar-refractivity contribution is 8.00. The summed E-state index contributed by atoms with van der Waals surface area (Å²) in [4.78, 5) is 2.76. The molecule has 1 saturated carbocycles. The largest absolute Gasteiger partial charge is 0.308 e. The molecule has 2 aliphatic heterocycles. The Balaban J connectivity index is 1.60. The Morgan fingerprint density at radius 3 is 2.82 bits per heavy atom. The molecule has 3 fully saturated rings. The number of hydrogen-bond donors (Lipinski definition) is 1. The molecular formula is C14H26N2S. The van der Waals surface area contributed by atoms with Crippen LogP contribution < -0.4 is 5.32 Å². The van der Waals surface area contributed by atoms with E-state index in [1.165, 1.54) is 51.1 Å². The molecule has 1 N–H and O–H groups in total. The van der Waals surface area contributed by atoms with Crippen LogP contribution in [0.15, 0.2) is 0 Å². The first-order valence-electron chi connectivity index (χ1n) is 7.28. The second kappa shape index (κ2) is 4.75. The molecule has 3 heteroatoms. The fourth-order valence-corrected chi connectivity index (χ4v) is 4.73. The summed E-state index contributed by atoms with van der Waals surface area (Å²) in [7, 11) is 0. The van der Waals surface area contributed by atoms with Crippen molar-refractivity contribution in [3.05, 3.63) is 0 Å². The van der Waals surface area contributed by atoms with Gasteiger partial charge in [-0.15, -0.1) is 0 Å². The topological polar surface area (TPSA) is 15.3 Å². The molecule has 3 unspecified atom stereocenters. The minimum atomic E-state index is 0.412. The maximum absolute atomic E-state index is 3.81. The molecule has 0 aromatic rings. The first kappa shape index (κ1) is 12.3. The van der Waals surface area contributed by atoms with Crippen molar-refractivity contribution < 1.29 is 0 Å². The van der Waals surface area contributed by atoms with Gasteiger partial charge in [0.2, 0.25) is 0 Å². The lowest BCUT2D eigenvalue weighted by molar-refractivity contribution is 0.0836. The van der Waals surface area contributed by atoms with Gasteiger partial charge in [0.15, 0.2) is 0 Å². The molecule has 0 bridgehead atoms. The molecule has 2 saturated heterocycles. The maximum Gasteiger partial charge on any atom is 0.0309 e. The van der Waals surface area contributed by atoms with E-state index in [2.05, 4.69) is 35.8 Å². The third kappa shape index (κ3) is 2.66. The number of piperazine rings is 1. The SMILES string of the molecule is CC1CNC(C)(C2CC2)CN1CC1CCCS1. The van der Waals surface area contributed by atoms with Gasteiger partial charge < -0.3 is 5.32 Å². The number of hydrogen-bond acceptors (Lipinski definition) is 3. The molecule has 2 nitrogen and oxygen atoms in total. The van der Waals surface area contributed by atoms with E-state index < -0.39 is 0 Å². The highest BCUT2D eigenvalue weighted by Gasteiger charge is 2.45. The second-order valence-electron chi connectivity index (χ2n) is 6.49. The molecule has 3 rings (SSSR count). The Labute approximate surface area is 110 Å². The lowest BCUT2D eigenvalue weighted by atomic mass is 9.91. The molecule has 0 amide bonds. The molecule has 17 heavy (non-hydrogen) atoms. The Bertz CT molecular complexity index is 273. The first-order chi connectivity index (χ1) is 8.17. The van der Waals surface area contributed by atoms with E-state index in [4.69, 9.17) is 0 Å². The van der Waals surface area contributed by atoms with E-state index in [0.29, 0.717) is 5.54 Å². The fraction of sp³-hybridized carbons (Fsp3) is 1.00. The van der Waals surface area contributed by atoms with Crippen LogP contribution in [0.2, 0.25) is 0 Å². The zero-order chi connectivity index (χ0) is 11.9. The molecule has 0 aromatic heterocycles. The first-order valence-corrected chi connectivity index (χ1v) is 8.33. The highest BCUT2D eigenvalue weighted by Crippen LogP contribution is 2.41. The zero-order valence-corrected chi connectivity index (χ0v) is 12.1. The molecule has 0 aromatic carbocycles. The van der Waals surface area contributed by atoms with Crippen LogP contribution in [0.5, 0.6) is 0 Å². The summed E-state index contributed by atoms with van der Waals surface area (Å²) < 4.78 is 0. The smallest absolute Gasteiger partial charge is 0.0309 e. The standard InChI is InChI=1S/C14H26N2S/c1-11-8-15-14(2,12-5-6-12)10-16(11)9-13-4-3-7-17-13/h11-13,15H,3-10H2,1-2H3. The van der Waals surface area contributed by atoms with Gasteiger partial charge in [0.05, 0.1) is 0 Å². The van der Waals surface area contributed by atoms with Crippen LogP contribution in [0.25, 0.3) is 0 Å². The van der Waals surface area contributed by atoms with Crippen LogP contribution in [-0.2, 0) is 0 Å². The van der Waals surface area contributed by atoms with Crippen LogP contribution in [0.4, 0.5) is 0 Å². The molecular weight excluding hydrogens is 228 g/mol. The van der Waals surface area contributed by atoms with Crippen LogP contribution in [0.1, 0.15) is 39.5 Å². The van der Waals surface area contributed by atoms with E-state index in [9.17, 15) is 0 Å². The minimum Gasteiger partial charge on any atom is -0.308 e. The summed E-state index contributed by atoms with van der Waals surface area (Å²) in [6.45, 7) is 8.63. The molecule has 2 heterocycles. The lowest BCUT2D eigenvalue weighted by Gasteiger charge is -2.46. The van der Waals surface area contributed by atoms with Crippen LogP contribution in [-0.4, -0.2) is 47.1 Å². The van der Waals surface area contributed by atoms with Gasteiger partial charge in [-0.1, -0.05) is 0 Å². The van der Waals surface area contributed by atoms with Gasteiger partial charge in [-0.25, -0.2) is 0 Å². The number of nitrogens with zero attached hydrogens (tertiary/aromatic N) is 1. The second-order valence-corrected chi connectivity index (χ2v) is 7.89. The normalized spacial score (nSPS) is 44.1. The van der Waals surface area contributed by atoms with Gasteiger partial charge in [-0.05, 0) is 51.2 Å². The fourth-order valence-electron chi connectivity index (χ4n) is 3.43. The molecule has 0 radical (unpaired) electrons. The zero-order valence-electron chi connectivity index (χ0n) is 11.2. The van der Waals surface area contributed by atoms with Crippen molar-refractivity contribution in [2.24, 2.45) is 5.92 Å². The van der Waals surface area contributed by atoms with E-state index >= 15 is 0 Å². The van der Waals surface area contributed by atoms with Crippen LogP contribution in [0.3, 0.4) is 0 Å². The minimum absolute atomic E-state index is 0.412. The van der Waals surface area contributed by atoms with Crippen molar-refractivity contribution in [1.29, 1.82) is 0 Å². The monoisotopic (exact) mass is 254 g/mol. The number of nitrogens with one attached hydrogen (secondary N) is 1. The number of thioether (sulfide) groups is 1. The summed E-state index contributed by atoms with van der Waals surface area (Å²) in [6.07, 6.45) is 5.78. The van der Waals surface area contributed by atoms with Crippen molar-refractivity contribution >= 4 is 11.8 Å². The van der Waals surface area contributed by atoms with Crippen molar-refractivity contribution in [2.45, 2.75) is 56.4 Å². The third-order valence-corrected chi connectivity index (χ3v) is 6.28. The summed E-state index contributed by atoms with van der Waals surface area (Å²) in [5.74, 6) is 2.35. The highest BCUT2D eigenvalue weighted by atomic mass is 32.2. The van der Waals surface area contributed by atoms with E-state index in [-0.39, 0.29) is 0 Å². The van der Waals surface area contributed by atoms with Crippen LogP contribution in [0, 0.1) is 5.92 Å². The molecule has 3 atom stereocenters. The van der Waals surface area contributed by atoms with Gasteiger partial charge in [0.25, 0.3) is 0 Å². The Kier molecular flexibility index (Phi) is 3.44. The average Bonchev–Trinajstić information content (AvgIpc) is 3.05. The van der Waals surface area contributed by atoms with Crippen molar-refractivity contribution in [2.75, 3.05) is 25.4 Å². The lowest BCUT2D eigenvalue weighted by Crippen LogP contribution is -2.63. The van der Waals surface area contributed by atoms with E-state index in [0.717, 1.165) is 17.2 Å². The molecule has 3 aliphatic rings. The molecule has 1 aliphatic carbocycles. The molecule has 0 spiro atoms. The van der Waals surface area contributed by atoms with Crippen LogP contribution >= 0.6 is 11.8 Å². The van der Waals surface area contributed by atoms with Crippen molar-refractivity contribution in [3.63, 3.8) is 0 Å². The average molecular weight is 254 g/mol. The van der Waals surface area contributed by atoms with Crippen molar-refractivity contribution in [3.8, 4) is 0 Å². The quantitative estimate of drug-likeness (QED) is 0.832. The third-order valence-electron chi connectivity index (χ3n) is 4.90. The summed E-state index contributed by atoms with van der Waals surface area (Å²) in [5.41, 5.74) is 0.412. The van der Waals surface area contributed by atoms with Crippen molar-refractivity contribution in [1.82, 2.24) is 10.2 Å². The van der Waals surface area contributed by atoms with E-state index in [1.807, 2.05) is 0 Å². The van der Waals surface area contributed by atoms with E-state index in [1.54, 1.807) is 0 Å². The number of rotatable bonds is 3. The summed E-state index contributed by atoms with van der Waals surface area (Å²) in [5, 5.41) is 4.73. The van der Waals surface area contributed by atoms with Gasteiger partial charge in [-0.2, -0.15) is 11.8 Å². The predicted molar refractivity (Wildman–Crippen MR) is 75.6 cm³/mol. The van der Waals surface area contributed by atoms with Gasteiger partial charge >= 0.3 is 0 Å². The Hall–Kier alpha value is 0.270. The van der Waals surface area contributed by atoms with Gasteiger partial charge in [-0.3, -0.25) is 4.90 Å². The Morgan fingerprint density at radius 2 is 2.18 bits per heavy atom.